The highest BCUT2D eigenvalue weighted by Gasteiger charge is 2.22. The molecule has 1 fully saturated rings. The first-order chi connectivity index (χ1) is 12.4. The summed E-state index contributed by atoms with van der Waals surface area (Å²) in [5.41, 5.74) is 0.381. The number of carbonyl (C=O) groups is 1. The van der Waals surface area contributed by atoms with Gasteiger partial charge in [-0.1, -0.05) is 26.8 Å². The van der Waals surface area contributed by atoms with Gasteiger partial charge in [-0.25, -0.2) is 8.42 Å². The number of hydrogen-bond donors (Lipinski definition) is 1. The Labute approximate surface area is 157 Å². The highest BCUT2D eigenvalue weighted by molar-refractivity contribution is 7.89. The zero-order chi connectivity index (χ0) is 19.2. The van der Waals surface area contributed by atoms with Gasteiger partial charge in [-0.2, -0.15) is 4.31 Å². The summed E-state index contributed by atoms with van der Waals surface area (Å²) in [4.78, 5) is 15.0. The smallest absolute Gasteiger partial charge is 0.251 e. The molecule has 146 valence electrons. The van der Waals surface area contributed by atoms with E-state index in [4.69, 9.17) is 0 Å². The van der Waals surface area contributed by atoms with Gasteiger partial charge in [0.15, 0.2) is 0 Å². The molecule has 1 heterocycles. The molecule has 0 spiro atoms. The number of nitrogens with zero attached hydrogens (tertiary/aromatic N) is 2. The molecule has 0 radical (unpaired) electrons. The van der Waals surface area contributed by atoms with Crippen LogP contribution in [0.1, 0.15) is 44.0 Å². The van der Waals surface area contributed by atoms with Gasteiger partial charge < -0.3 is 10.2 Å². The van der Waals surface area contributed by atoms with E-state index in [1.54, 1.807) is 32.0 Å². The van der Waals surface area contributed by atoms with Crippen LogP contribution in [0.15, 0.2) is 29.2 Å². The van der Waals surface area contributed by atoms with Crippen LogP contribution in [0.4, 0.5) is 0 Å². The maximum absolute atomic E-state index is 12.6. The Morgan fingerprint density at radius 2 is 1.88 bits per heavy atom. The highest BCUT2D eigenvalue weighted by Crippen LogP contribution is 2.17. The van der Waals surface area contributed by atoms with E-state index in [0.717, 1.165) is 19.6 Å². The van der Waals surface area contributed by atoms with Crippen LogP contribution in [0.2, 0.25) is 0 Å². The summed E-state index contributed by atoms with van der Waals surface area (Å²) in [5, 5.41) is 2.93. The molecule has 0 aliphatic carbocycles. The van der Waals surface area contributed by atoms with Crippen molar-refractivity contribution < 1.29 is 13.2 Å². The molecule has 0 bridgehead atoms. The van der Waals surface area contributed by atoms with E-state index in [9.17, 15) is 13.2 Å². The van der Waals surface area contributed by atoms with Crippen molar-refractivity contribution in [3.8, 4) is 0 Å². The maximum Gasteiger partial charge on any atom is 0.251 e. The number of rotatable bonds is 9. The van der Waals surface area contributed by atoms with Gasteiger partial charge >= 0.3 is 0 Å². The Kier molecular flexibility index (Phi) is 7.61. The van der Waals surface area contributed by atoms with Crippen molar-refractivity contribution in [2.45, 2.75) is 38.5 Å². The lowest BCUT2D eigenvalue weighted by Gasteiger charge is -2.21. The minimum atomic E-state index is -3.56. The molecule has 0 aromatic heterocycles. The molecule has 1 aliphatic heterocycles. The summed E-state index contributed by atoms with van der Waals surface area (Å²) in [6, 6.07) is 6.29. The first-order valence-corrected chi connectivity index (χ1v) is 10.9. The third-order valence-corrected chi connectivity index (χ3v) is 6.86. The van der Waals surface area contributed by atoms with E-state index >= 15 is 0 Å². The average molecular weight is 382 g/mol. The molecule has 1 aliphatic rings. The largest absolute Gasteiger partial charge is 0.352 e. The molecular formula is C19H31N3O3S. The number of hydrogen-bond acceptors (Lipinski definition) is 4. The van der Waals surface area contributed by atoms with E-state index in [2.05, 4.69) is 17.1 Å². The third-order valence-electron chi connectivity index (χ3n) is 4.82. The van der Waals surface area contributed by atoms with Crippen LogP contribution in [0.25, 0.3) is 0 Å². The fraction of sp³-hybridized carbons (Fsp3) is 0.632. The average Bonchev–Trinajstić information content (AvgIpc) is 3.13. The first-order valence-electron chi connectivity index (χ1n) is 9.49. The van der Waals surface area contributed by atoms with E-state index in [1.807, 2.05) is 0 Å². The highest BCUT2D eigenvalue weighted by atomic mass is 32.2. The molecule has 1 atom stereocenters. The van der Waals surface area contributed by atoms with Crippen LogP contribution >= 0.6 is 0 Å². The zero-order valence-electron chi connectivity index (χ0n) is 16.1. The molecule has 7 heteroatoms. The maximum atomic E-state index is 12.6. The molecular weight excluding hydrogens is 350 g/mol. The minimum Gasteiger partial charge on any atom is -0.352 e. The summed E-state index contributed by atoms with van der Waals surface area (Å²) in [6.45, 7) is 10.4. The normalized spacial score (nSPS) is 16.8. The number of likely N-dealkylation sites (tertiary alicyclic amines) is 1. The van der Waals surface area contributed by atoms with E-state index in [1.165, 1.54) is 23.2 Å². The predicted octanol–water partition coefficient (Wildman–Crippen LogP) is 2.18. The Morgan fingerprint density at radius 1 is 1.23 bits per heavy atom. The van der Waals surface area contributed by atoms with Gasteiger partial charge in [0.1, 0.15) is 0 Å². The monoisotopic (exact) mass is 381 g/mol. The summed E-state index contributed by atoms with van der Waals surface area (Å²) in [5.74, 6) is 0.134. The van der Waals surface area contributed by atoms with Crippen molar-refractivity contribution in [3.63, 3.8) is 0 Å². The van der Waals surface area contributed by atoms with Gasteiger partial charge in [0.25, 0.3) is 5.91 Å². The fourth-order valence-corrected chi connectivity index (χ4v) is 4.85. The van der Waals surface area contributed by atoms with E-state index in [-0.39, 0.29) is 10.8 Å². The van der Waals surface area contributed by atoms with Crippen molar-refractivity contribution >= 4 is 15.9 Å². The molecule has 2 rings (SSSR count). The number of benzene rings is 1. The van der Waals surface area contributed by atoms with Gasteiger partial charge in [-0.15, -0.1) is 0 Å². The lowest BCUT2D eigenvalue weighted by Crippen LogP contribution is -2.34. The topological polar surface area (TPSA) is 69.7 Å². The molecule has 1 aromatic carbocycles. The lowest BCUT2D eigenvalue weighted by atomic mass is 10.1. The van der Waals surface area contributed by atoms with Gasteiger partial charge in [-0.05, 0) is 50.0 Å². The van der Waals surface area contributed by atoms with Crippen LogP contribution in [-0.2, 0) is 10.0 Å². The number of amides is 1. The molecule has 26 heavy (non-hydrogen) atoms. The molecule has 1 amide bonds. The fourth-order valence-electron chi connectivity index (χ4n) is 3.35. The second-order valence-electron chi connectivity index (χ2n) is 6.94. The quantitative estimate of drug-likeness (QED) is 0.712. The zero-order valence-corrected chi connectivity index (χ0v) is 16.9. The molecule has 6 nitrogen and oxygen atoms in total. The Balaban J connectivity index is 1.99. The molecule has 1 aromatic rings. The van der Waals surface area contributed by atoms with Crippen LogP contribution in [-0.4, -0.2) is 62.8 Å². The first kappa shape index (κ1) is 20.9. The third kappa shape index (κ3) is 5.28. The number of sulfonamides is 1. The summed E-state index contributed by atoms with van der Waals surface area (Å²) < 4.78 is 26.6. The number of nitrogens with one attached hydrogen (secondary N) is 1. The van der Waals surface area contributed by atoms with Crippen LogP contribution in [0.5, 0.6) is 0 Å². The SMILES string of the molecule is CCN(CC)S(=O)(=O)c1cccc(C(=O)NCC(C)CN2CCCC2)c1. The standard InChI is InChI=1S/C19H31N3O3S/c1-4-22(5-2)26(24,25)18-10-8-9-17(13-18)19(23)20-14-16(3)15-21-11-6-7-12-21/h8-10,13,16H,4-7,11-12,14-15H2,1-3H3,(H,20,23). The van der Waals surface area contributed by atoms with Gasteiger partial charge in [-0.3, -0.25) is 4.79 Å². The Hall–Kier alpha value is -1.44. The molecule has 1 N–H and O–H groups in total. The van der Waals surface area contributed by atoms with Crippen molar-refractivity contribution in [2.24, 2.45) is 5.92 Å². The van der Waals surface area contributed by atoms with Crippen molar-refractivity contribution in [1.82, 2.24) is 14.5 Å². The Bertz CT molecular complexity index is 696. The van der Waals surface area contributed by atoms with E-state index in [0.29, 0.717) is 31.1 Å². The minimum absolute atomic E-state index is 0.166. The van der Waals surface area contributed by atoms with E-state index < -0.39 is 10.0 Å². The van der Waals surface area contributed by atoms with Gasteiger partial charge in [0.2, 0.25) is 10.0 Å². The van der Waals surface area contributed by atoms with Crippen LogP contribution in [0, 0.1) is 5.92 Å². The Morgan fingerprint density at radius 3 is 2.50 bits per heavy atom. The van der Waals surface area contributed by atoms with Gasteiger partial charge in [0.05, 0.1) is 4.90 Å². The molecule has 1 unspecified atom stereocenters. The molecule has 1 saturated heterocycles. The number of carbonyl (C=O) groups excluding carboxylic acids is 1. The second-order valence-corrected chi connectivity index (χ2v) is 8.88. The molecule has 0 saturated carbocycles. The summed E-state index contributed by atoms with van der Waals surface area (Å²) >= 11 is 0. The summed E-state index contributed by atoms with van der Waals surface area (Å²) in [6.07, 6.45) is 2.51. The van der Waals surface area contributed by atoms with Crippen molar-refractivity contribution in [1.29, 1.82) is 0 Å². The summed E-state index contributed by atoms with van der Waals surface area (Å²) in [7, 11) is -3.56. The lowest BCUT2D eigenvalue weighted by molar-refractivity contribution is 0.0945. The van der Waals surface area contributed by atoms with Crippen molar-refractivity contribution in [3.05, 3.63) is 29.8 Å². The predicted molar refractivity (Wildman–Crippen MR) is 104 cm³/mol. The van der Waals surface area contributed by atoms with Crippen LogP contribution in [0.3, 0.4) is 0 Å². The van der Waals surface area contributed by atoms with Gasteiger partial charge in [0, 0.05) is 31.7 Å². The second kappa shape index (κ2) is 9.48. The van der Waals surface area contributed by atoms with Crippen molar-refractivity contribution in [2.75, 3.05) is 39.3 Å². The van der Waals surface area contributed by atoms with Crippen LogP contribution < -0.4 is 5.32 Å².